The molecule has 2 nitrogen and oxygen atoms in total. The zero-order valence-corrected chi connectivity index (χ0v) is 11.6. The lowest BCUT2D eigenvalue weighted by Crippen LogP contribution is -2.13. The van der Waals surface area contributed by atoms with Gasteiger partial charge < -0.3 is 9.73 Å². The van der Waals surface area contributed by atoms with Crippen LogP contribution in [0, 0.1) is 6.92 Å². The van der Waals surface area contributed by atoms with Crippen LogP contribution < -0.4 is 5.32 Å². The van der Waals surface area contributed by atoms with E-state index in [1.807, 2.05) is 25.1 Å². The van der Waals surface area contributed by atoms with E-state index in [0.29, 0.717) is 0 Å². The normalized spacial score (nSPS) is 10.8. The van der Waals surface area contributed by atoms with Crippen LogP contribution in [-0.2, 0) is 6.54 Å². The van der Waals surface area contributed by atoms with E-state index in [-0.39, 0.29) is 0 Å². The van der Waals surface area contributed by atoms with Gasteiger partial charge in [-0.1, -0.05) is 30.7 Å². The molecule has 96 valence electrons. The molecule has 1 aromatic heterocycles. The molecule has 2 aromatic rings. The summed E-state index contributed by atoms with van der Waals surface area (Å²) in [4.78, 5) is 0. The van der Waals surface area contributed by atoms with Crippen molar-refractivity contribution in [1.29, 1.82) is 0 Å². The highest BCUT2D eigenvalue weighted by molar-refractivity contribution is 6.31. The molecule has 1 heterocycles. The fraction of sp³-hybridized carbons (Fsp3) is 0.333. The fourth-order valence-electron chi connectivity index (χ4n) is 1.87. The Bertz CT molecular complexity index is 519. The topological polar surface area (TPSA) is 25.2 Å². The van der Waals surface area contributed by atoms with Crippen molar-refractivity contribution in [1.82, 2.24) is 5.32 Å². The summed E-state index contributed by atoms with van der Waals surface area (Å²) in [6.07, 6.45) is 2.85. The zero-order chi connectivity index (χ0) is 13.0. The van der Waals surface area contributed by atoms with Crippen LogP contribution in [0.2, 0.25) is 5.02 Å². The summed E-state index contributed by atoms with van der Waals surface area (Å²) >= 11 is 6.16. The lowest BCUT2D eigenvalue weighted by Gasteiger charge is -2.06. The number of aryl methyl sites for hydroxylation is 1. The van der Waals surface area contributed by atoms with Gasteiger partial charge >= 0.3 is 0 Å². The second-order valence-electron chi connectivity index (χ2n) is 4.40. The summed E-state index contributed by atoms with van der Waals surface area (Å²) in [5.41, 5.74) is 3.31. The molecule has 0 unspecified atom stereocenters. The molecule has 0 radical (unpaired) electrons. The lowest BCUT2D eigenvalue weighted by molar-refractivity contribution is 0.484. The third-order valence-corrected chi connectivity index (χ3v) is 3.35. The number of rotatable bonds is 5. The number of furan rings is 1. The van der Waals surface area contributed by atoms with Crippen LogP contribution in [0.4, 0.5) is 0 Å². The predicted molar refractivity (Wildman–Crippen MR) is 75.9 cm³/mol. The van der Waals surface area contributed by atoms with Gasteiger partial charge in [0.2, 0.25) is 0 Å². The number of benzene rings is 1. The summed E-state index contributed by atoms with van der Waals surface area (Å²) in [6.45, 7) is 5.90. The standard InChI is InChI=1S/C15H18ClNO/c1-3-7-17-10-15-13(6-8-18-15)12-5-4-11(2)14(16)9-12/h4-6,8-9,17H,3,7,10H2,1-2H3. The molecule has 3 heteroatoms. The van der Waals surface area contributed by atoms with Gasteiger partial charge in [-0.2, -0.15) is 0 Å². The monoisotopic (exact) mass is 263 g/mol. The smallest absolute Gasteiger partial charge is 0.125 e. The van der Waals surface area contributed by atoms with E-state index in [2.05, 4.69) is 18.3 Å². The van der Waals surface area contributed by atoms with E-state index >= 15 is 0 Å². The van der Waals surface area contributed by atoms with Gasteiger partial charge in [0.1, 0.15) is 5.76 Å². The van der Waals surface area contributed by atoms with Gasteiger partial charge in [-0.15, -0.1) is 0 Å². The molecule has 0 aliphatic carbocycles. The largest absolute Gasteiger partial charge is 0.467 e. The summed E-state index contributed by atoms with van der Waals surface area (Å²) in [5.74, 6) is 0.961. The van der Waals surface area contributed by atoms with Gasteiger partial charge in [0, 0.05) is 10.6 Å². The lowest BCUT2D eigenvalue weighted by atomic mass is 10.0. The molecule has 0 saturated heterocycles. The first-order valence-electron chi connectivity index (χ1n) is 6.26. The van der Waals surface area contributed by atoms with Crippen molar-refractivity contribution in [3.05, 3.63) is 46.9 Å². The van der Waals surface area contributed by atoms with Gasteiger partial charge in [-0.25, -0.2) is 0 Å². The van der Waals surface area contributed by atoms with Gasteiger partial charge in [0.15, 0.2) is 0 Å². The Morgan fingerprint density at radius 1 is 1.28 bits per heavy atom. The zero-order valence-electron chi connectivity index (χ0n) is 10.8. The Hall–Kier alpha value is -1.25. The second kappa shape index (κ2) is 6.07. The first kappa shape index (κ1) is 13.2. The van der Waals surface area contributed by atoms with Crippen molar-refractivity contribution >= 4 is 11.6 Å². The number of halogens is 1. The van der Waals surface area contributed by atoms with Gasteiger partial charge in [0.05, 0.1) is 12.8 Å². The first-order valence-corrected chi connectivity index (χ1v) is 6.63. The van der Waals surface area contributed by atoms with Crippen molar-refractivity contribution in [3.8, 4) is 11.1 Å². The van der Waals surface area contributed by atoms with Crippen LogP contribution in [-0.4, -0.2) is 6.54 Å². The maximum atomic E-state index is 6.16. The van der Waals surface area contributed by atoms with Crippen LogP contribution in [0.15, 0.2) is 34.9 Å². The van der Waals surface area contributed by atoms with Crippen LogP contribution in [0.3, 0.4) is 0 Å². The molecule has 0 saturated carbocycles. The number of hydrogen-bond donors (Lipinski definition) is 1. The van der Waals surface area contributed by atoms with Crippen LogP contribution in [0.25, 0.3) is 11.1 Å². The van der Waals surface area contributed by atoms with Gasteiger partial charge in [-0.05, 0) is 43.1 Å². The summed E-state index contributed by atoms with van der Waals surface area (Å²) in [5, 5.41) is 4.14. The molecular weight excluding hydrogens is 246 g/mol. The number of nitrogens with one attached hydrogen (secondary N) is 1. The van der Waals surface area contributed by atoms with E-state index in [4.69, 9.17) is 16.0 Å². The van der Waals surface area contributed by atoms with Crippen LogP contribution in [0.1, 0.15) is 24.7 Å². The van der Waals surface area contributed by atoms with E-state index < -0.39 is 0 Å². The highest BCUT2D eigenvalue weighted by Gasteiger charge is 2.09. The molecule has 2 rings (SSSR count). The molecule has 0 atom stereocenters. The van der Waals surface area contributed by atoms with Crippen LogP contribution in [0.5, 0.6) is 0 Å². The summed E-state index contributed by atoms with van der Waals surface area (Å²) < 4.78 is 5.53. The molecule has 0 fully saturated rings. The third-order valence-electron chi connectivity index (χ3n) is 2.94. The fourth-order valence-corrected chi connectivity index (χ4v) is 2.05. The molecule has 0 spiro atoms. The van der Waals surface area contributed by atoms with E-state index in [1.54, 1.807) is 6.26 Å². The van der Waals surface area contributed by atoms with E-state index in [1.165, 1.54) is 0 Å². The van der Waals surface area contributed by atoms with E-state index in [9.17, 15) is 0 Å². The van der Waals surface area contributed by atoms with E-state index in [0.717, 1.165) is 47.0 Å². The van der Waals surface area contributed by atoms with Crippen molar-refractivity contribution in [3.63, 3.8) is 0 Å². The van der Waals surface area contributed by atoms with Crippen molar-refractivity contribution in [2.24, 2.45) is 0 Å². The summed E-state index contributed by atoms with van der Waals surface area (Å²) in [6, 6.07) is 8.10. The van der Waals surface area contributed by atoms with Crippen molar-refractivity contribution in [2.75, 3.05) is 6.54 Å². The Morgan fingerprint density at radius 2 is 2.11 bits per heavy atom. The Morgan fingerprint density at radius 3 is 2.83 bits per heavy atom. The minimum Gasteiger partial charge on any atom is -0.467 e. The molecule has 0 bridgehead atoms. The van der Waals surface area contributed by atoms with Crippen molar-refractivity contribution < 1.29 is 4.42 Å². The Labute approximate surface area is 113 Å². The maximum Gasteiger partial charge on any atom is 0.125 e. The minimum atomic E-state index is 0.752. The van der Waals surface area contributed by atoms with Crippen LogP contribution >= 0.6 is 11.6 Å². The first-order chi connectivity index (χ1) is 8.72. The maximum absolute atomic E-state index is 6.16. The van der Waals surface area contributed by atoms with Crippen molar-refractivity contribution in [2.45, 2.75) is 26.8 Å². The molecule has 18 heavy (non-hydrogen) atoms. The average molecular weight is 264 g/mol. The summed E-state index contributed by atoms with van der Waals surface area (Å²) in [7, 11) is 0. The molecule has 0 amide bonds. The van der Waals surface area contributed by atoms with Gasteiger partial charge in [0.25, 0.3) is 0 Å². The molecule has 0 aliphatic heterocycles. The SMILES string of the molecule is CCCNCc1occc1-c1ccc(C)c(Cl)c1. The molecule has 0 aliphatic rings. The molecule has 1 N–H and O–H groups in total. The Kier molecular flexibility index (Phi) is 4.45. The number of hydrogen-bond acceptors (Lipinski definition) is 2. The predicted octanol–water partition coefficient (Wildman–Crippen LogP) is 4.41. The Balaban J connectivity index is 2.22. The minimum absolute atomic E-state index is 0.752. The van der Waals surface area contributed by atoms with Gasteiger partial charge in [-0.3, -0.25) is 0 Å². The highest BCUT2D eigenvalue weighted by Crippen LogP contribution is 2.28. The second-order valence-corrected chi connectivity index (χ2v) is 4.81. The average Bonchev–Trinajstić information content (AvgIpc) is 2.81. The quantitative estimate of drug-likeness (QED) is 0.809. The third kappa shape index (κ3) is 2.95. The molecular formula is C15H18ClNO. The molecule has 1 aromatic carbocycles. The highest BCUT2D eigenvalue weighted by atomic mass is 35.5.